The van der Waals surface area contributed by atoms with Crippen molar-refractivity contribution in [3.63, 3.8) is 0 Å². The highest BCUT2D eigenvalue weighted by Crippen LogP contribution is 2.28. The molecule has 0 saturated carbocycles. The lowest BCUT2D eigenvalue weighted by atomic mass is 10.0. The molecule has 2 aromatic carbocycles. The van der Waals surface area contributed by atoms with Crippen LogP contribution in [-0.2, 0) is 17.8 Å². The van der Waals surface area contributed by atoms with Crippen LogP contribution in [0.15, 0.2) is 48.5 Å². The van der Waals surface area contributed by atoms with E-state index in [1.165, 1.54) is 11.1 Å². The molecule has 4 rings (SSSR count). The average Bonchev–Trinajstić information content (AvgIpc) is 3.46. The third-order valence-electron chi connectivity index (χ3n) is 6.06. The molecule has 1 saturated heterocycles. The number of nitrogens with zero attached hydrogens (tertiary/aromatic N) is 2. The molecule has 1 N–H and O–H groups in total. The number of aromatic amines is 1. The lowest BCUT2D eigenvalue weighted by Gasteiger charge is -2.16. The van der Waals surface area contributed by atoms with Crippen LogP contribution in [-0.4, -0.2) is 40.7 Å². The maximum Gasteiger partial charge on any atom is 0.257 e. The highest BCUT2D eigenvalue weighted by atomic mass is 16.5. The van der Waals surface area contributed by atoms with E-state index in [1.807, 2.05) is 17.0 Å². The van der Waals surface area contributed by atoms with Gasteiger partial charge in [-0.3, -0.25) is 9.89 Å². The number of benzene rings is 2. The van der Waals surface area contributed by atoms with Gasteiger partial charge in [0.2, 0.25) is 0 Å². The highest BCUT2D eigenvalue weighted by molar-refractivity contribution is 6.01. The molecule has 0 atom stereocenters. The Balaban J connectivity index is 1.39. The molecule has 3 aromatic rings. The van der Waals surface area contributed by atoms with Crippen LogP contribution >= 0.6 is 0 Å². The molecule has 5 heteroatoms. The van der Waals surface area contributed by atoms with Crippen molar-refractivity contribution in [3.05, 3.63) is 76.5 Å². The van der Waals surface area contributed by atoms with Gasteiger partial charge in [-0.15, -0.1) is 0 Å². The number of nitrogens with one attached hydrogen (secondary N) is 1. The van der Waals surface area contributed by atoms with Gasteiger partial charge in [0.05, 0.1) is 12.2 Å². The van der Waals surface area contributed by atoms with Crippen molar-refractivity contribution in [1.82, 2.24) is 15.1 Å². The lowest BCUT2D eigenvalue weighted by molar-refractivity contribution is 0.0792. The van der Waals surface area contributed by atoms with Gasteiger partial charge in [-0.1, -0.05) is 53.6 Å². The van der Waals surface area contributed by atoms with Gasteiger partial charge < -0.3 is 9.64 Å². The second-order valence-electron chi connectivity index (χ2n) is 8.79. The average molecular weight is 432 g/mol. The molecule has 0 spiro atoms. The van der Waals surface area contributed by atoms with Crippen molar-refractivity contribution in [2.24, 2.45) is 0 Å². The fourth-order valence-electron chi connectivity index (χ4n) is 4.37. The lowest BCUT2D eigenvalue weighted by Crippen LogP contribution is -2.28. The molecule has 1 fully saturated rings. The molecule has 1 aliphatic rings. The number of amides is 1. The monoisotopic (exact) mass is 431 g/mol. The molecular formula is C27H33N3O2. The third kappa shape index (κ3) is 5.46. The van der Waals surface area contributed by atoms with E-state index in [4.69, 9.17) is 4.74 Å². The Morgan fingerprint density at radius 2 is 1.78 bits per heavy atom. The van der Waals surface area contributed by atoms with Crippen molar-refractivity contribution in [2.45, 2.75) is 52.6 Å². The van der Waals surface area contributed by atoms with Gasteiger partial charge in [-0.25, -0.2) is 0 Å². The highest BCUT2D eigenvalue weighted by Gasteiger charge is 2.27. The number of aryl methyl sites for hydroxylation is 3. The zero-order chi connectivity index (χ0) is 22.3. The Hall–Kier alpha value is -2.92. The molecule has 0 bridgehead atoms. The van der Waals surface area contributed by atoms with Crippen LogP contribution in [0.25, 0.3) is 11.3 Å². The predicted octanol–water partition coefficient (Wildman–Crippen LogP) is 5.47. The number of carbonyl (C=O) groups excluding carboxylic acids is 1. The molecular weight excluding hydrogens is 398 g/mol. The molecule has 1 aromatic heterocycles. The number of rotatable bonds is 9. The van der Waals surface area contributed by atoms with Gasteiger partial charge in [0.1, 0.15) is 5.69 Å². The van der Waals surface area contributed by atoms with E-state index in [-0.39, 0.29) is 5.91 Å². The van der Waals surface area contributed by atoms with Gasteiger partial charge in [-0.05, 0) is 57.6 Å². The maximum atomic E-state index is 13.4. The van der Waals surface area contributed by atoms with Crippen LogP contribution in [0.1, 0.15) is 58.4 Å². The fourth-order valence-corrected chi connectivity index (χ4v) is 4.37. The van der Waals surface area contributed by atoms with Crippen LogP contribution in [0.2, 0.25) is 0 Å². The summed E-state index contributed by atoms with van der Waals surface area (Å²) < 4.78 is 5.86. The van der Waals surface area contributed by atoms with E-state index in [9.17, 15) is 4.79 Å². The number of aromatic nitrogens is 2. The van der Waals surface area contributed by atoms with E-state index in [0.29, 0.717) is 13.2 Å². The first kappa shape index (κ1) is 22.3. The molecule has 0 radical (unpaired) electrons. The van der Waals surface area contributed by atoms with E-state index >= 15 is 0 Å². The van der Waals surface area contributed by atoms with Crippen molar-refractivity contribution in [2.75, 3.05) is 19.7 Å². The molecule has 1 amide bonds. The summed E-state index contributed by atoms with van der Waals surface area (Å²) in [5.41, 5.74) is 7.09. The first-order valence-electron chi connectivity index (χ1n) is 11.7. The Morgan fingerprint density at radius 3 is 2.53 bits per heavy atom. The Labute approximate surface area is 190 Å². The summed E-state index contributed by atoms with van der Waals surface area (Å²) in [6.07, 6.45) is 4.85. The number of carbonyl (C=O) groups is 1. The summed E-state index contributed by atoms with van der Waals surface area (Å²) in [4.78, 5) is 15.3. The molecule has 32 heavy (non-hydrogen) atoms. The van der Waals surface area contributed by atoms with Crippen LogP contribution < -0.4 is 0 Å². The zero-order valence-corrected chi connectivity index (χ0v) is 19.2. The second kappa shape index (κ2) is 10.6. The van der Waals surface area contributed by atoms with Crippen molar-refractivity contribution < 1.29 is 9.53 Å². The molecule has 168 valence electrons. The van der Waals surface area contributed by atoms with Crippen LogP contribution in [0.5, 0.6) is 0 Å². The normalized spacial score (nSPS) is 13.6. The van der Waals surface area contributed by atoms with E-state index in [2.05, 4.69) is 60.4 Å². The minimum atomic E-state index is 0.110. The Morgan fingerprint density at radius 1 is 1.03 bits per heavy atom. The van der Waals surface area contributed by atoms with E-state index in [0.717, 1.165) is 73.3 Å². The van der Waals surface area contributed by atoms with Crippen LogP contribution in [0, 0.1) is 13.8 Å². The topological polar surface area (TPSA) is 58.2 Å². The van der Waals surface area contributed by atoms with Gasteiger partial charge in [0, 0.05) is 31.0 Å². The fraction of sp³-hybridized carbons (Fsp3) is 0.407. The Kier molecular flexibility index (Phi) is 7.38. The predicted molar refractivity (Wildman–Crippen MR) is 128 cm³/mol. The first-order valence-corrected chi connectivity index (χ1v) is 11.7. The quantitative estimate of drug-likeness (QED) is 0.457. The number of likely N-dealkylation sites (tertiary alicyclic amines) is 1. The van der Waals surface area contributed by atoms with Gasteiger partial charge >= 0.3 is 0 Å². The largest absolute Gasteiger partial charge is 0.377 e. The smallest absolute Gasteiger partial charge is 0.257 e. The van der Waals surface area contributed by atoms with E-state index in [1.54, 1.807) is 0 Å². The van der Waals surface area contributed by atoms with E-state index < -0.39 is 0 Å². The number of H-pyrrole nitrogens is 1. The molecule has 1 aliphatic heterocycles. The number of unbranched alkanes of at least 4 members (excludes halogenated alkanes) is 1. The second-order valence-corrected chi connectivity index (χ2v) is 8.79. The number of hydrogen-bond donors (Lipinski definition) is 1. The first-order chi connectivity index (χ1) is 15.6. The standard InChI is InChI=1S/C27H33N3O2/c1-20-9-7-11-22(17-20)19-32-16-6-3-13-24-25(27(31)30-14-4-5-15-30)26(29-28-24)23-12-8-10-21(2)18-23/h7-12,17-18H,3-6,13-16,19H2,1-2H3,(H,28,29). The number of hydrogen-bond acceptors (Lipinski definition) is 3. The SMILES string of the molecule is Cc1cccc(COCCCCc2[nH]nc(-c3cccc(C)c3)c2C(=O)N2CCCC2)c1. The number of ether oxygens (including phenoxy) is 1. The summed E-state index contributed by atoms with van der Waals surface area (Å²) in [6, 6.07) is 16.6. The van der Waals surface area contributed by atoms with Crippen molar-refractivity contribution in [1.29, 1.82) is 0 Å². The summed E-state index contributed by atoms with van der Waals surface area (Å²) in [5, 5.41) is 7.76. The minimum absolute atomic E-state index is 0.110. The summed E-state index contributed by atoms with van der Waals surface area (Å²) >= 11 is 0. The van der Waals surface area contributed by atoms with Crippen LogP contribution in [0.3, 0.4) is 0 Å². The van der Waals surface area contributed by atoms with Gasteiger partial charge in [0.15, 0.2) is 0 Å². The molecule has 5 nitrogen and oxygen atoms in total. The molecule has 0 aliphatic carbocycles. The summed E-state index contributed by atoms with van der Waals surface area (Å²) in [7, 11) is 0. The van der Waals surface area contributed by atoms with Gasteiger partial charge in [0.25, 0.3) is 5.91 Å². The summed E-state index contributed by atoms with van der Waals surface area (Å²) in [6.45, 7) is 7.19. The minimum Gasteiger partial charge on any atom is -0.377 e. The summed E-state index contributed by atoms with van der Waals surface area (Å²) in [5.74, 6) is 0.110. The van der Waals surface area contributed by atoms with Crippen LogP contribution in [0.4, 0.5) is 0 Å². The zero-order valence-electron chi connectivity index (χ0n) is 19.2. The van der Waals surface area contributed by atoms with Gasteiger partial charge in [-0.2, -0.15) is 5.10 Å². The third-order valence-corrected chi connectivity index (χ3v) is 6.06. The van der Waals surface area contributed by atoms with Crippen molar-refractivity contribution >= 4 is 5.91 Å². The Bertz CT molecular complexity index is 1050. The molecule has 2 heterocycles. The maximum absolute atomic E-state index is 13.4. The molecule has 0 unspecified atom stereocenters. The van der Waals surface area contributed by atoms with Crippen molar-refractivity contribution in [3.8, 4) is 11.3 Å².